The molecule has 34 heavy (non-hydrogen) atoms. The van der Waals surface area contributed by atoms with Gasteiger partial charge in [0.1, 0.15) is 15.9 Å². The van der Waals surface area contributed by atoms with Crippen LogP contribution in [-0.2, 0) is 46.8 Å². The van der Waals surface area contributed by atoms with Crippen LogP contribution < -0.4 is 10.2 Å². The van der Waals surface area contributed by atoms with Crippen LogP contribution >= 0.6 is 0 Å². The molecule has 1 radical (unpaired) electrons. The predicted molar refractivity (Wildman–Crippen MR) is 107 cm³/mol. The van der Waals surface area contributed by atoms with Crippen molar-refractivity contribution < 1.29 is 70.7 Å². The van der Waals surface area contributed by atoms with Crippen molar-refractivity contribution in [2.24, 2.45) is 0 Å². The number of aromatic hydroxyl groups is 1. The van der Waals surface area contributed by atoms with Crippen LogP contribution in [0, 0.1) is 0 Å². The van der Waals surface area contributed by atoms with Crippen molar-refractivity contribution >= 4 is 30.4 Å². The molecule has 0 bridgehead atoms. The van der Waals surface area contributed by atoms with Crippen molar-refractivity contribution in [3.8, 4) is 17.2 Å². The van der Waals surface area contributed by atoms with Crippen LogP contribution in [0.5, 0.6) is 17.2 Å². The van der Waals surface area contributed by atoms with Gasteiger partial charge in [0.25, 0.3) is 20.2 Å². The van der Waals surface area contributed by atoms with Gasteiger partial charge in [0.15, 0.2) is 0 Å². The molecule has 0 atom stereocenters. The monoisotopic (exact) mass is 577 g/mol. The first-order chi connectivity index (χ1) is 15.0. The molecule has 0 aliphatic rings. The molecular weight excluding hydrogens is 563 g/mol. The van der Waals surface area contributed by atoms with Gasteiger partial charge < -0.3 is 19.9 Å². The summed E-state index contributed by atoms with van der Waals surface area (Å²) in [5, 5.41) is 29.9. The Labute approximate surface area is 205 Å². The molecule has 3 rings (SSSR count). The van der Waals surface area contributed by atoms with Gasteiger partial charge in [-0.2, -0.15) is 16.8 Å². The number of benzene rings is 3. The summed E-state index contributed by atoms with van der Waals surface area (Å²) in [7, 11) is -12.9. The van der Waals surface area contributed by atoms with Gasteiger partial charge in [-0.1, -0.05) is 36.4 Å². The van der Waals surface area contributed by atoms with Gasteiger partial charge in [0.2, 0.25) is 0 Å². The van der Waals surface area contributed by atoms with Crippen molar-refractivity contribution in [2.45, 2.75) is 14.7 Å². The Hall–Kier alpha value is -2.72. The zero-order valence-electron chi connectivity index (χ0n) is 16.5. The first-order valence-electron chi connectivity index (χ1n) is 8.24. The van der Waals surface area contributed by atoms with E-state index in [4.69, 9.17) is 14.2 Å². The molecule has 0 aliphatic heterocycles. The number of phenolic OH excluding ortho intramolecular Hbond substituents is 1. The maximum atomic E-state index is 10.6. The second-order valence-corrected chi connectivity index (χ2v) is 10.1. The Balaban J connectivity index is 0.000000473. The Morgan fingerprint density at radius 2 is 0.941 bits per heavy atom. The molecule has 0 aliphatic carbocycles. The zero-order chi connectivity index (χ0) is 25.4. The zero-order valence-corrected chi connectivity index (χ0v) is 19.9. The van der Waals surface area contributed by atoms with E-state index in [2.05, 4.69) is 0 Å². The molecule has 0 amide bonds. The van der Waals surface area contributed by atoms with E-state index >= 15 is 0 Å². The third-order valence-corrected chi connectivity index (χ3v) is 5.84. The van der Waals surface area contributed by atoms with Gasteiger partial charge in [-0.05, 0) is 30.3 Å². The van der Waals surface area contributed by atoms with E-state index in [0.717, 1.165) is 30.3 Å². The minimum Gasteiger partial charge on any atom is -0.872 e. The number of rotatable bonds is 3. The molecule has 12 nitrogen and oxygen atoms in total. The third kappa shape index (κ3) is 11.4. The van der Waals surface area contributed by atoms with Gasteiger partial charge >= 0.3 is 16.5 Å². The topological polar surface area (TPSA) is 232 Å². The van der Waals surface area contributed by atoms with Gasteiger partial charge in [-0.25, -0.2) is 8.42 Å². The van der Waals surface area contributed by atoms with E-state index in [0.29, 0.717) is 0 Å². The maximum absolute atomic E-state index is 10.6. The quantitative estimate of drug-likeness (QED) is 0.282. The van der Waals surface area contributed by atoms with Crippen LogP contribution in [0.25, 0.3) is 0 Å². The van der Waals surface area contributed by atoms with E-state index < -0.39 is 46.7 Å². The number of hydrogen-bond acceptors (Lipinski definition) is 10. The Bertz CT molecular complexity index is 1250. The van der Waals surface area contributed by atoms with Crippen LogP contribution in [-0.4, -0.2) is 44.0 Å². The Morgan fingerprint density at radius 1 is 0.588 bits per heavy atom. The van der Waals surface area contributed by atoms with E-state index in [1.54, 1.807) is 0 Å². The van der Waals surface area contributed by atoms with Crippen molar-refractivity contribution in [2.75, 3.05) is 0 Å². The van der Waals surface area contributed by atoms with Crippen LogP contribution in [0.3, 0.4) is 0 Å². The van der Waals surface area contributed by atoms with E-state index in [1.807, 2.05) is 0 Å². The normalized spacial score (nSPS) is 11.0. The molecule has 0 heterocycles. The molecule has 0 saturated carbocycles. The standard InChI is InChI=1S/3C6H6O4S.Ni/c3*7-5-2-1-3-6(4-5)11(8,9)10;/h3*1-4,7H,(H,8,9,10);/q;;;+3/p-3. The number of hydrogen-bond donors (Lipinski definition) is 3. The Kier molecular flexibility index (Phi) is 11.7. The summed E-state index contributed by atoms with van der Waals surface area (Å²) < 4.78 is 89.5. The first kappa shape index (κ1) is 31.3. The van der Waals surface area contributed by atoms with Gasteiger partial charge in [-0.3, -0.25) is 9.11 Å². The molecule has 187 valence electrons. The molecule has 3 N–H and O–H groups in total. The van der Waals surface area contributed by atoms with Crippen molar-refractivity contribution in [1.82, 2.24) is 0 Å². The minimum atomic E-state index is -4.48. The molecular formula is C18H15NiO12S3. The van der Waals surface area contributed by atoms with Crippen LogP contribution in [0.4, 0.5) is 0 Å². The number of phenols is 1. The van der Waals surface area contributed by atoms with E-state index in [-0.39, 0.29) is 32.0 Å². The summed E-state index contributed by atoms with van der Waals surface area (Å²) in [6.45, 7) is 0. The minimum absolute atomic E-state index is 0. The fraction of sp³-hybridized carbons (Fsp3) is 0. The molecule has 3 aromatic carbocycles. The van der Waals surface area contributed by atoms with Crippen molar-refractivity contribution in [1.29, 1.82) is 0 Å². The fourth-order valence-corrected chi connectivity index (χ4v) is 3.45. The van der Waals surface area contributed by atoms with Crippen LogP contribution in [0.1, 0.15) is 0 Å². The van der Waals surface area contributed by atoms with E-state index in [9.17, 15) is 40.0 Å². The smallest absolute Gasteiger partial charge is 0.872 e. The van der Waals surface area contributed by atoms with Gasteiger partial charge in [-0.15, -0.1) is 11.5 Å². The fourth-order valence-electron chi connectivity index (χ4n) is 1.91. The largest absolute Gasteiger partial charge is 3.00 e. The first-order valence-corrected chi connectivity index (χ1v) is 12.5. The SMILES string of the molecule is O=S(=O)(O)c1cccc(O)c1.O=S(=O)(O)c1cccc([O-])c1.O=S(=O)([O-])c1cccc([O-])c1.[Ni+3]. The van der Waals surface area contributed by atoms with E-state index in [1.165, 1.54) is 42.5 Å². The third-order valence-electron chi connectivity index (χ3n) is 3.31. The van der Waals surface area contributed by atoms with Crippen LogP contribution in [0.15, 0.2) is 87.5 Å². The summed E-state index contributed by atoms with van der Waals surface area (Å²) in [6.07, 6.45) is 0. The van der Waals surface area contributed by atoms with Gasteiger partial charge in [0, 0.05) is 6.07 Å². The molecule has 0 unspecified atom stereocenters. The molecule has 0 fully saturated rings. The predicted octanol–water partition coefficient (Wildman–Crippen LogP) is 0.308. The molecule has 3 aromatic rings. The van der Waals surface area contributed by atoms with Crippen LogP contribution in [0.2, 0.25) is 0 Å². The summed E-state index contributed by atoms with van der Waals surface area (Å²) in [5.41, 5.74) is 0. The second kappa shape index (κ2) is 12.7. The van der Waals surface area contributed by atoms with Crippen molar-refractivity contribution in [3.63, 3.8) is 0 Å². The average Bonchev–Trinajstić information content (AvgIpc) is 2.67. The summed E-state index contributed by atoms with van der Waals surface area (Å²) in [6, 6.07) is 13.6. The molecule has 0 spiro atoms. The second-order valence-electron chi connectivity index (χ2n) is 5.85. The van der Waals surface area contributed by atoms with Gasteiger partial charge in [0.05, 0.1) is 14.7 Å². The summed E-state index contributed by atoms with van der Waals surface area (Å²) in [4.78, 5) is -1.16. The molecule has 0 saturated heterocycles. The maximum Gasteiger partial charge on any atom is 3.00 e. The summed E-state index contributed by atoms with van der Waals surface area (Å²) in [5.74, 6) is -1.12. The Morgan fingerprint density at radius 3 is 1.21 bits per heavy atom. The summed E-state index contributed by atoms with van der Waals surface area (Å²) >= 11 is 0. The average molecular weight is 578 g/mol. The molecule has 0 aromatic heterocycles. The van der Waals surface area contributed by atoms with Crippen molar-refractivity contribution in [3.05, 3.63) is 72.8 Å². The molecule has 16 heteroatoms.